The van der Waals surface area contributed by atoms with E-state index in [0.29, 0.717) is 0 Å². The minimum Gasteiger partial charge on any atom is -0.543 e. The highest BCUT2D eigenvalue weighted by atomic mass is 32.1. The van der Waals surface area contributed by atoms with Crippen molar-refractivity contribution in [2.75, 3.05) is 0 Å². The van der Waals surface area contributed by atoms with Crippen molar-refractivity contribution < 1.29 is 4.43 Å². The summed E-state index contributed by atoms with van der Waals surface area (Å²) in [5.41, 5.74) is 10.5. The highest BCUT2D eigenvalue weighted by molar-refractivity contribution is 7.08. The van der Waals surface area contributed by atoms with Gasteiger partial charge in [0.25, 0.3) is 9.04 Å². The summed E-state index contributed by atoms with van der Waals surface area (Å²) in [6.07, 6.45) is 2.14. The standard InChI is InChI=1S/C15H19NOSSi/c1-12(16)14-5-3-4-6-15(14)17-19(2)10-8-13-7-9-18-11-13/h3-12,19H,16H2,1-2H3/b10-8+. The first-order chi connectivity index (χ1) is 9.16. The molecule has 0 fully saturated rings. The van der Waals surface area contributed by atoms with Crippen molar-refractivity contribution in [1.29, 1.82) is 0 Å². The summed E-state index contributed by atoms with van der Waals surface area (Å²) in [5, 5.41) is 4.21. The van der Waals surface area contributed by atoms with E-state index in [2.05, 4.69) is 35.1 Å². The van der Waals surface area contributed by atoms with Crippen molar-refractivity contribution in [3.05, 3.63) is 57.9 Å². The third-order valence-corrected chi connectivity index (χ3v) is 4.89. The second-order valence-corrected chi connectivity index (χ2v) is 7.38. The molecule has 0 saturated carbocycles. The molecule has 0 bridgehead atoms. The molecule has 0 radical (unpaired) electrons. The lowest BCUT2D eigenvalue weighted by Gasteiger charge is -2.16. The Labute approximate surface area is 120 Å². The normalized spacial score (nSPS) is 14.5. The molecule has 0 amide bonds. The van der Waals surface area contributed by atoms with E-state index in [0.717, 1.165) is 11.3 Å². The molecule has 1 heterocycles. The molecule has 2 N–H and O–H groups in total. The summed E-state index contributed by atoms with van der Waals surface area (Å²) in [6, 6.07) is 10.1. The van der Waals surface area contributed by atoms with E-state index in [9.17, 15) is 0 Å². The maximum Gasteiger partial charge on any atom is 0.257 e. The summed E-state index contributed by atoms with van der Waals surface area (Å²) >= 11 is 1.71. The van der Waals surface area contributed by atoms with E-state index in [1.165, 1.54) is 5.56 Å². The van der Waals surface area contributed by atoms with Crippen LogP contribution in [0.2, 0.25) is 6.55 Å². The number of hydrogen-bond donors (Lipinski definition) is 1. The smallest absolute Gasteiger partial charge is 0.257 e. The monoisotopic (exact) mass is 289 g/mol. The molecule has 2 unspecified atom stereocenters. The van der Waals surface area contributed by atoms with Gasteiger partial charge < -0.3 is 10.2 Å². The molecular formula is C15H19NOSSi. The number of rotatable bonds is 5. The van der Waals surface area contributed by atoms with Crippen molar-refractivity contribution in [3.8, 4) is 5.75 Å². The molecule has 0 aliphatic carbocycles. The Hall–Kier alpha value is -1.36. The molecule has 100 valence electrons. The van der Waals surface area contributed by atoms with Crippen LogP contribution in [0, 0.1) is 0 Å². The molecular weight excluding hydrogens is 270 g/mol. The second kappa shape index (κ2) is 6.70. The van der Waals surface area contributed by atoms with Crippen molar-refractivity contribution in [1.82, 2.24) is 0 Å². The first-order valence-corrected chi connectivity index (χ1v) is 9.62. The van der Waals surface area contributed by atoms with Crippen molar-refractivity contribution in [2.45, 2.75) is 19.5 Å². The Morgan fingerprint density at radius 1 is 1.32 bits per heavy atom. The van der Waals surface area contributed by atoms with Crippen molar-refractivity contribution in [2.24, 2.45) is 5.73 Å². The fourth-order valence-electron chi connectivity index (χ4n) is 1.82. The third kappa shape index (κ3) is 4.06. The number of hydrogen-bond acceptors (Lipinski definition) is 3. The molecule has 0 saturated heterocycles. The molecule has 0 spiro atoms. The fourth-order valence-corrected chi connectivity index (χ4v) is 3.64. The Morgan fingerprint density at radius 2 is 2.11 bits per heavy atom. The molecule has 1 aromatic carbocycles. The SMILES string of the molecule is CC(N)c1ccccc1O[SiH](C)/C=C/c1ccsc1. The average molecular weight is 289 g/mol. The summed E-state index contributed by atoms with van der Waals surface area (Å²) in [7, 11) is -1.37. The predicted octanol–water partition coefficient (Wildman–Crippen LogP) is 3.75. The molecule has 1 aromatic heterocycles. The third-order valence-electron chi connectivity index (χ3n) is 2.83. The molecule has 2 aromatic rings. The van der Waals surface area contributed by atoms with Crippen LogP contribution < -0.4 is 10.2 Å². The van der Waals surface area contributed by atoms with E-state index in [-0.39, 0.29) is 6.04 Å². The van der Waals surface area contributed by atoms with Crippen LogP contribution >= 0.6 is 11.3 Å². The van der Waals surface area contributed by atoms with Gasteiger partial charge >= 0.3 is 0 Å². The van der Waals surface area contributed by atoms with Crippen LogP contribution in [0.3, 0.4) is 0 Å². The molecule has 4 heteroatoms. The van der Waals surface area contributed by atoms with Gasteiger partial charge in [-0.1, -0.05) is 30.0 Å². The zero-order valence-electron chi connectivity index (χ0n) is 11.2. The maximum absolute atomic E-state index is 6.08. The maximum atomic E-state index is 6.08. The number of thiophene rings is 1. The van der Waals surface area contributed by atoms with E-state index >= 15 is 0 Å². The molecule has 0 aliphatic heterocycles. The zero-order valence-corrected chi connectivity index (χ0v) is 13.2. The van der Waals surface area contributed by atoms with Crippen molar-refractivity contribution in [3.63, 3.8) is 0 Å². The van der Waals surface area contributed by atoms with Crippen LogP contribution in [0.15, 0.2) is 46.8 Å². The Balaban J connectivity index is 2.05. The van der Waals surface area contributed by atoms with Gasteiger partial charge in [0.1, 0.15) is 5.75 Å². The van der Waals surface area contributed by atoms with Crippen LogP contribution in [0.1, 0.15) is 24.1 Å². The van der Waals surface area contributed by atoms with Crippen LogP contribution in [-0.2, 0) is 0 Å². The number of benzene rings is 1. The lowest BCUT2D eigenvalue weighted by Crippen LogP contribution is -2.17. The average Bonchev–Trinajstić information content (AvgIpc) is 2.90. The van der Waals surface area contributed by atoms with Crippen LogP contribution in [-0.4, -0.2) is 9.04 Å². The minimum atomic E-state index is -1.37. The Kier molecular flexibility index (Phi) is 4.96. The first kappa shape index (κ1) is 14.1. The van der Waals surface area contributed by atoms with Gasteiger partial charge in [-0.3, -0.25) is 0 Å². The van der Waals surface area contributed by atoms with Crippen molar-refractivity contribution >= 4 is 26.5 Å². The summed E-state index contributed by atoms with van der Waals surface area (Å²) < 4.78 is 6.08. The van der Waals surface area contributed by atoms with Gasteiger partial charge in [0.2, 0.25) is 0 Å². The highest BCUT2D eigenvalue weighted by Crippen LogP contribution is 2.24. The highest BCUT2D eigenvalue weighted by Gasteiger charge is 2.09. The number of nitrogens with two attached hydrogens (primary N) is 1. The number of para-hydroxylation sites is 1. The van der Waals surface area contributed by atoms with Gasteiger partial charge in [0.15, 0.2) is 0 Å². The van der Waals surface area contributed by atoms with E-state index in [4.69, 9.17) is 10.2 Å². The molecule has 2 nitrogen and oxygen atoms in total. The first-order valence-electron chi connectivity index (χ1n) is 6.38. The molecule has 19 heavy (non-hydrogen) atoms. The lowest BCUT2D eigenvalue weighted by atomic mass is 10.1. The summed E-state index contributed by atoms with van der Waals surface area (Å²) in [6.45, 7) is 4.15. The molecule has 2 rings (SSSR count). The van der Waals surface area contributed by atoms with E-state index < -0.39 is 9.04 Å². The fraction of sp³-hybridized carbons (Fsp3) is 0.200. The summed E-state index contributed by atoms with van der Waals surface area (Å²) in [4.78, 5) is 0. The quantitative estimate of drug-likeness (QED) is 0.851. The Bertz CT molecular complexity index is 537. The minimum absolute atomic E-state index is 0.00162. The zero-order chi connectivity index (χ0) is 13.7. The predicted molar refractivity (Wildman–Crippen MR) is 86.0 cm³/mol. The molecule has 0 aliphatic rings. The van der Waals surface area contributed by atoms with E-state index in [1.807, 2.05) is 31.2 Å². The topological polar surface area (TPSA) is 35.2 Å². The Morgan fingerprint density at radius 3 is 2.79 bits per heavy atom. The molecule has 2 atom stereocenters. The lowest BCUT2D eigenvalue weighted by molar-refractivity contribution is 0.567. The van der Waals surface area contributed by atoms with Gasteiger partial charge in [0.05, 0.1) is 0 Å². The van der Waals surface area contributed by atoms with Crippen LogP contribution in [0.25, 0.3) is 6.08 Å². The van der Waals surface area contributed by atoms with Gasteiger partial charge in [0, 0.05) is 11.6 Å². The van der Waals surface area contributed by atoms with E-state index in [1.54, 1.807) is 11.3 Å². The van der Waals surface area contributed by atoms with Gasteiger partial charge in [-0.05, 0) is 41.9 Å². The van der Waals surface area contributed by atoms with Crippen LogP contribution in [0.4, 0.5) is 0 Å². The second-order valence-electron chi connectivity index (χ2n) is 4.57. The summed E-state index contributed by atoms with van der Waals surface area (Å²) in [5.74, 6) is 0.923. The largest absolute Gasteiger partial charge is 0.543 e. The van der Waals surface area contributed by atoms with Crippen LogP contribution in [0.5, 0.6) is 5.75 Å². The van der Waals surface area contributed by atoms with Gasteiger partial charge in [-0.25, -0.2) is 0 Å². The van der Waals surface area contributed by atoms with Gasteiger partial charge in [-0.15, -0.1) is 0 Å². The van der Waals surface area contributed by atoms with Gasteiger partial charge in [-0.2, -0.15) is 11.3 Å².